The number of nitrogens with zero attached hydrogens (tertiary/aromatic N) is 5. The molecule has 0 unspecified atom stereocenters. The molecule has 0 atom stereocenters. The summed E-state index contributed by atoms with van der Waals surface area (Å²) in [5.74, 6) is 0. The van der Waals surface area contributed by atoms with E-state index in [0.717, 1.165) is 122 Å². The van der Waals surface area contributed by atoms with Gasteiger partial charge in [-0.05, 0) is 166 Å². The van der Waals surface area contributed by atoms with Gasteiger partial charge in [-0.1, -0.05) is 174 Å². The molecular formula is C77H57N5. The zero-order chi connectivity index (χ0) is 55.4. The van der Waals surface area contributed by atoms with E-state index in [4.69, 9.17) is 0 Å². The van der Waals surface area contributed by atoms with Gasteiger partial charge in [-0.15, -0.1) is 0 Å². The minimum absolute atomic E-state index is 0.558. The van der Waals surface area contributed by atoms with Crippen molar-refractivity contribution in [3.63, 3.8) is 0 Å². The maximum absolute atomic E-state index is 12.7. The second-order valence-electron chi connectivity index (χ2n) is 21.5. The third kappa shape index (κ3) is 8.48. The predicted octanol–water partition coefficient (Wildman–Crippen LogP) is 20.9. The highest BCUT2D eigenvalue weighted by Gasteiger charge is 2.33. The number of anilines is 6. The Morgan fingerprint density at radius 2 is 0.537 bits per heavy atom. The molecule has 0 amide bonds. The Labute approximate surface area is 478 Å². The molecule has 390 valence electrons. The van der Waals surface area contributed by atoms with Gasteiger partial charge in [-0.2, -0.15) is 5.26 Å². The highest BCUT2D eigenvalue weighted by atomic mass is 15.1. The van der Waals surface area contributed by atoms with E-state index in [1.165, 1.54) is 22.3 Å². The number of aromatic nitrogens is 2. The fourth-order valence-electron chi connectivity index (χ4n) is 12.5. The molecule has 82 heavy (non-hydrogen) atoms. The van der Waals surface area contributed by atoms with E-state index in [9.17, 15) is 5.26 Å². The molecule has 5 nitrogen and oxygen atoms in total. The number of hydrogen-bond acceptors (Lipinski definition) is 3. The van der Waals surface area contributed by atoms with E-state index < -0.39 is 0 Å². The molecule has 14 aromatic rings. The third-order valence-electron chi connectivity index (χ3n) is 16.1. The molecule has 0 aliphatic heterocycles. The second kappa shape index (κ2) is 20.5. The number of hydrogen-bond donors (Lipinski definition) is 0. The lowest BCUT2D eigenvalue weighted by Crippen LogP contribution is -2.12. The van der Waals surface area contributed by atoms with E-state index in [2.05, 4.69) is 326 Å². The highest BCUT2D eigenvalue weighted by Crippen LogP contribution is 2.53. The van der Waals surface area contributed by atoms with Crippen LogP contribution >= 0.6 is 0 Å². The monoisotopic (exact) mass is 1050 g/mol. The average molecular weight is 1050 g/mol. The lowest BCUT2D eigenvalue weighted by Gasteiger charge is -2.29. The van der Waals surface area contributed by atoms with Crippen LogP contribution in [0.4, 0.5) is 34.1 Å². The minimum atomic E-state index is 0.558. The van der Waals surface area contributed by atoms with E-state index in [-0.39, 0.29) is 0 Å². The van der Waals surface area contributed by atoms with Crippen LogP contribution in [-0.2, 0) is 0 Å². The van der Waals surface area contributed by atoms with Crippen molar-refractivity contribution < 1.29 is 0 Å². The topological polar surface area (TPSA) is 40.1 Å². The molecule has 0 radical (unpaired) electrons. The molecule has 0 bridgehead atoms. The van der Waals surface area contributed by atoms with Gasteiger partial charge in [0.05, 0.1) is 33.4 Å². The summed E-state index contributed by atoms with van der Waals surface area (Å²) in [4.78, 5) is 4.61. The Bertz CT molecular complexity index is 4270. The molecular weight excluding hydrogens is 995 g/mol. The van der Waals surface area contributed by atoms with Gasteiger partial charge in [-0.3, -0.25) is 0 Å². The molecule has 0 aliphatic carbocycles. The van der Waals surface area contributed by atoms with E-state index in [0.29, 0.717) is 5.56 Å². The van der Waals surface area contributed by atoms with E-state index in [1.807, 2.05) is 0 Å². The summed E-state index contributed by atoms with van der Waals surface area (Å²) in [5, 5.41) is 17.3. The summed E-state index contributed by atoms with van der Waals surface area (Å²) in [6.07, 6.45) is 0. The number of para-hydroxylation sites is 4. The number of benzene rings is 12. The molecule has 14 rings (SSSR count). The summed E-state index contributed by atoms with van der Waals surface area (Å²) >= 11 is 0. The van der Waals surface area contributed by atoms with Crippen LogP contribution in [0.3, 0.4) is 0 Å². The Balaban J connectivity index is 1.17. The zero-order valence-corrected chi connectivity index (χ0v) is 46.2. The largest absolute Gasteiger partial charge is 0.311 e. The summed E-state index contributed by atoms with van der Waals surface area (Å²) in [5.41, 5.74) is 23.1. The van der Waals surface area contributed by atoms with Crippen molar-refractivity contribution in [1.29, 1.82) is 5.26 Å². The fraction of sp³-hybridized carbons (Fsp3) is 0.0519. The summed E-state index contributed by atoms with van der Waals surface area (Å²) < 4.78 is 4.79. The number of nitriles is 1. The van der Waals surface area contributed by atoms with Gasteiger partial charge < -0.3 is 18.9 Å². The maximum atomic E-state index is 12.7. The van der Waals surface area contributed by atoms with E-state index >= 15 is 0 Å². The summed E-state index contributed by atoms with van der Waals surface area (Å²) in [7, 11) is 0. The molecule has 0 N–H and O–H groups in total. The summed E-state index contributed by atoms with van der Waals surface area (Å²) in [6.45, 7) is 8.65. The Morgan fingerprint density at radius 3 is 0.817 bits per heavy atom. The maximum Gasteiger partial charge on any atom is 0.104 e. The van der Waals surface area contributed by atoms with Crippen LogP contribution in [0, 0.1) is 39.0 Å². The van der Waals surface area contributed by atoms with Crippen LogP contribution in [0.1, 0.15) is 27.8 Å². The van der Waals surface area contributed by atoms with Crippen LogP contribution < -0.4 is 9.80 Å². The number of rotatable bonds is 11. The Kier molecular flexibility index (Phi) is 12.4. The first-order chi connectivity index (χ1) is 40.3. The quantitative estimate of drug-likeness (QED) is 0.130. The highest BCUT2D eigenvalue weighted by molar-refractivity contribution is 6.15. The van der Waals surface area contributed by atoms with Crippen LogP contribution in [0.2, 0.25) is 0 Å². The summed E-state index contributed by atoms with van der Waals surface area (Å²) in [6, 6.07) is 101. The average Bonchev–Trinajstić information content (AvgIpc) is 2.35. The molecule has 2 aromatic heterocycles. The molecule has 12 aromatic carbocycles. The fourth-order valence-corrected chi connectivity index (χ4v) is 12.5. The normalized spacial score (nSPS) is 11.4. The van der Waals surface area contributed by atoms with Crippen molar-refractivity contribution in [3.05, 3.63) is 301 Å². The van der Waals surface area contributed by atoms with Gasteiger partial charge in [0.25, 0.3) is 0 Å². The van der Waals surface area contributed by atoms with Gasteiger partial charge in [0.1, 0.15) is 11.6 Å². The number of aryl methyl sites for hydroxylation is 4. The Hall–Kier alpha value is -10.7. The van der Waals surface area contributed by atoms with Gasteiger partial charge in [0, 0.05) is 72.4 Å². The van der Waals surface area contributed by atoms with Crippen molar-refractivity contribution in [2.75, 3.05) is 9.80 Å². The van der Waals surface area contributed by atoms with Crippen LogP contribution in [0.25, 0.3) is 88.4 Å². The van der Waals surface area contributed by atoms with Crippen molar-refractivity contribution in [1.82, 2.24) is 9.13 Å². The van der Waals surface area contributed by atoms with Gasteiger partial charge >= 0.3 is 0 Å². The first-order valence-electron chi connectivity index (χ1n) is 28.1. The molecule has 0 saturated heterocycles. The van der Waals surface area contributed by atoms with Crippen LogP contribution in [-0.4, -0.2) is 9.13 Å². The van der Waals surface area contributed by atoms with Crippen LogP contribution in [0.5, 0.6) is 0 Å². The third-order valence-corrected chi connectivity index (χ3v) is 16.1. The first-order valence-corrected chi connectivity index (χ1v) is 28.1. The molecule has 0 saturated carbocycles. The van der Waals surface area contributed by atoms with Crippen molar-refractivity contribution in [2.45, 2.75) is 27.7 Å². The van der Waals surface area contributed by atoms with Crippen molar-refractivity contribution in [2.24, 2.45) is 0 Å². The van der Waals surface area contributed by atoms with Crippen LogP contribution in [0.15, 0.2) is 273 Å². The SMILES string of the molecule is Cc1ccc2c(c1)c1cc(C)ccc1n2-c1c(C#N)c(-n2c3ccc(C)cc3c3cc(C)ccc32)c(-c2ccc(N(c3ccccc3)c3ccccc3)cc2)c(-c2ccccc2)c1-c1ccc(N(c2ccccc2)c2ccccc2)cc1. The van der Waals surface area contributed by atoms with Gasteiger partial charge in [0.15, 0.2) is 0 Å². The molecule has 5 heteroatoms. The number of fused-ring (bicyclic) bond motifs is 6. The van der Waals surface area contributed by atoms with Crippen molar-refractivity contribution >= 4 is 77.7 Å². The zero-order valence-electron chi connectivity index (χ0n) is 46.2. The molecule has 0 fully saturated rings. The van der Waals surface area contributed by atoms with Gasteiger partial charge in [-0.25, -0.2) is 0 Å². The lowest BCUT2D eigenvalue weighted by molar-refractivity contribution is 1.12. The molecule has 0 aliphatic rings. The molecule has 0 spiro atoms. The van der Waals surface area contributed by atoms with E-state index in [1.54, 1.807) is 0 Å². The Morgan fingerprint density at radius 1 is 0.280 bits per heavy atom. The standard InChI is InChI=1S/C77H57N5/c1-51-30-42-69-64(46-51)65-47-52(2)31-43-70(65)81(69)76-68(50-78)77(82-71-44-32-53(3)48-66(71)67-49-54(4)33-45-72(67)82)75(57-36-40-63(41-37-57)80(60-26-16-8-17-27-60)61-28-18-9-19-29-61)73(55-20-10-5-11-21-55)74(76)56-34-38-62(39-35-56)79(58-22-12-6-13-23-58)59-24-14-7-15-25-59/h5-49H,1-4H3. The van der Waals surface area contributed by atoms with Crippen molar-refractivity contribution in [3.8, 4) is 50.8 Å². The second-order valence-corrected chi connectivity index (χ2v) is 21.5. The predicted molar refractivity (Wildman–Crippen MR) is 344 cm³/mol. The lowest BCUT2D eigenvalue weighted by atomic mass is 9.82. The molecule has 2 heterocycles. The first kappa shape index (κ1) is 49.6. The smallest absolute Gasteiger partial charge is 0.104 e. The minimum Gasteiger partial charge on any atom is -0.311 e. The van der Waals surface area contributed by atoms with Gasteiger partial charge in [0.2, 0.25) is 0 Å².